The number of nitrogens with one attached hydrogen (secondary N) is 1. The lowest BCUT2D eigenvalue weighted by Crippen LogP contribution is -2.31. The summed E-state index contributed by atoms with van der Waals surface area (Å²) in [7, 11) is 0. The Morgan fingerprint density at radius 3 is 2.84 bits per heavy atom. The van der Waals surface area contributed by atoms with Gasteiger partial charge in [0.25, 0.3) is 0 Å². The molecule has 1 aliphatic carbocycles. The van der Waals surface area contributed by atoms with Crippen molar-refractivity contribution in [1.82, 2.24) is 9.88 Å². The van der Waals surface area contributed by atoms with E-state index in [4.69, 9.17) is 0 Å². The van der Waals surface area contributed by atoms with Crippen LogP contribution in [-0.4, -0.2) is 35.4 Å². The highest BCUT2D eigenvalue weighted by atomic mass is 16.2. The molecule has 1 N–H and O–H groups in total. The predicted molar refractivity (Wildman–Crippen MR) is 77.3 cm³/mol. The Hall–Kier alpha value is -1.58. The average molecular weight is 261 g/mol. The van der Waals surface area contributed by atoms with E-state index < -0.39 is 0 Å². The highest BCUT2D eigenvalue weighted by Crippen LogP contribution is 2.21. The smallest absolute Gasteiger partial charge is 0.224 e. The number of fused-ring (bicyclic) bond motifs is 1. The SMILES string of the molecule is CCN(CC)C(=O)CCNc1ccc2c(n1)CCC2. The van der Waals surface area contributed by atoms with Crippen molar-refractivity contribution in [2.75, 3.05) is 25.0 Å². The summed E-state index contributed by atoms with van der Waals surface area (Å²) in [6.07, 6.45) is 3.99. The molecule has 0 aliphatic heterocycles. The Balaban J connectivity index is 1.81. The summed E-state index contributed by atoms with van der Waals surface area (Å²) < 4.78 is 0. The number of anilines is 1. The zero-order valence-corrected chi connectivity index (χ0v) is 11.9. The van der Waals surface area contributed by atoms with Crippen LogP contribution >= 0.6 is 0 Å². The van der Waals surface area contributed by atoms with E-state index in [9.17, 15) is 4.79 Å². The summed E-state index contributed by atoms with van der Waals surface area (Å²) in [5.41, 5.74) is 2.60. The van der Waals surface area contributed by atoms with E-state index in [0.717, 1.165) is 31.7 Å². The van der Waals surface area contributed by atoms with Crippen LogP contribution in [0.1, 0.15) is 37.9 Å². The lowest BCUT2D eigenvalue weighted by Gasteiger charge is -2.18. The van der Waals surface area contributed by atoms with E-state index in [1.807, 2.05) is 24.8 Å². The number of aromatic nitrogens is 1. The van der Waals surface area contributed by atoms with Crippen LogP contribution in [0, 0.1) is 0 Å². The molecule has 0 saturated carbocycles. The van der Waals surface area contributed by atoms with Gasteiger partial charge in [-0.3, -0.25) is 4.79 Å². The third-order valence-corrected chi connectivity index (χ3v) is 3.69. The minimum Gasteiger partial charge on any atom is -0.370 e. The van der Waals surface area contributed by atoms with Gasteiger partial charge in [0.2, 0.25) is 5.91 Å². The van der Waals surface area contributed by atoms with Crippen molar-refractivity contribution in [2.24, 2.45) is 0 Å². The molecule has 19 heavy (non-hydrogen) atoms. The van der Waals surface area contributed by atoms with Crippen molar-refractivity contribution < 1.29 is 4.79 Å². The maximum absolute atomic E-state index is 11.8. The minimum absolute atomic E-state index is 0.207. The molecule has 0 saturated heterocycles. The first-order valence-corrected chi connectivity index (χ1v) is 7.25. The summed E-state index contributed by atoms with van der Waals surface area (Å²) >= 11 is 0. The summed E-state index contributed by atoms with van der Waals surface area (Å²) in [5, 5.41) is 3.25. The van der Waals surface area contributed by atoms with Crippen LogP contribution in [0.15, 0.2) is 12.1 Å². The Bertz CT molecular complexity index is 441. The molecule has 1 aromatic rings. The second-order valence-corrected chi connectivity index (χ2v) is 4.90. The zero-order valence-electron chi connectivity index (χ0n) is 11.9. The van der Waals surface area contributed by atoms with Crippen LogP contribution in [0.5, 0.6) is 0 Å². The lowest BCUT2D eigenvalue weighted by molar-refractivity contribution is -0.130. The fourth-order valence-electron chi connectivity index (χ4n) is 2.55. The second-order valence-electron chi connectivity index (χ2n) is 4.90. The van der Waals surface area contributed by atoms with Crippen molar-refractivity contribution in [2.45, 2.75) is 39.5 Å². The molecule has 0 atom stereocenters. The molecule has 0 fully saturated rings. The van der Waals surface area contributed by atoms with Gasteiger partial charge in [0.05, 0.1) is 0 Å². The molecule has 2 rings (SSSR count). The zero-order chi connectivity index (χ0) is 13.7. The third-order valence-electron chi connectivity index (χ3n) is 3.69. The molecule has 104 valence electrons. The van der Waals surface area contributed by atoms with Gasteiger partial charge in [0.15, 0.2) is 0 Å². The fourth-order valence-corrected chi connectivity index (χ4v) is 2.55. The molecule has 0 spiro atoms. The highest BCUT2D eigenvalue weighted by Gasteiger charge is 2.13. The first-order chi connectivity index (χ1) is 9.24. The van der Waals surface area contributed by atoms with Gasteiger partial charge in [-0.15, -0.1) is 0 Å². The summed E-state index contributed by atoms with van der Waals surface area (Å²) in [5.74, 6) is 1.10. The van der Waals surface area contributed by atoms with Crippen LogP contribution in [0.3, 0.4) is 0 Å². The van der Waals surface area contributed by atoms with Crippen molar-refractivity contribution in [3.05, 3.63) is 23.4 Å². The number of hydrogen-bond acceptors (Lipinski definition) is 3. The number of carbonyl (C=O) groups is 1. The normalized spacial score (nSPS) is 13.2. The van der Waals surface area contributed by atoms with E-state index >= 15 is 0 Å². The number of amides is 1. The van der Waals surface area contributed by atoms with Crippen LogP contribution in [-0.2, 0) is 17.6 Å². The highest BCUT2D eigenvalue weighted by molar-refractivity contribution is 5.76. The van der Waals surface area contributed by atoms with Crippen molar-refractivity contribution in [3.8, 4) is 0 Å². The monoisotopic (exact) mass is 261 g/mol. The topological polar surface area (TPSA) is 45.2 Å². The molecule has 0 radical (unpaired) electrons. The molecule has 4 nitrogen and oxygen atoms in total. The fraction of sp³-hybridized carbons (Fsp3) is 0.600. The maximum Gasteiger partial charge on any atom is 0.224 e. The molecule has 1 amide bonds. The minimum atomic E-state index is 0.207. The van der Waals surface area contributed by atoms with Gasteiger partial charge in [0.1, 0.15) is 5.82 Å². The van der Waals surface area contributed by atoms with Gasteiger partial charge in [-0.1, -0.05) is 6.07 Å². The number of hydrogen-bond donors (Lipinski definition) is 1. The van der Waals surface area contributed by atoms with Gasteiger partial charge >= 0.3 is 0 Å². The first kappa shape index (κ1) is 13.8. The summed E-state index contributed by atoms with van der Waals surface area (Å²) in [6.45, 7) is 6.24. The molecule has 1 heterocycles. The largest absolute Gasteiger partial charge is 0.370 e. The van der Waals surface area contributed by atoms with Gasteiger partial charge in [-0.2, -0.15) is 0 Å². The van der Waals surface area contributed by atoms with E-state index in [2.05, 4.69) is 16.4 Å². The predicted octanol–water partition coefficient (Wildman–Crippen LogP) is 2.24. The van der Waals surface area contributed by atoms with Crippen LogP contribution in [0.2, 0.25) is 0 Å². The molecule has 0 bridgehead atoms. The number of carbonyl (C=O) groups excluding carboxylic acids is 1. The lowest BCUT2D eigenvalue weighted by atomic mass is 10.2. The standard InChI is InChI=1S/C15H23N3O/c1-3-18(4-2)15(19)10-11-16-14-9-8-12-6-5-7-13(12)17-14/h8-9H,3-7,10-11H2,1-2H3,(H,16,17). The summed E-state index contributed by atoms with van der Waals surface area (Å²) in [6, 6.07) is 4.18. The Morgan fingerprint density at radius 2 is 2.11 bits per heavy atom. The van der Waals surface area contributed by atoms with Gasteiger partial charge in [0, 0.05) is 31.7 Å². The Labute approximate surface area is 115 Å². The van der Waals surface area contributed by atoms with Crippen LogP contribution in [0.4, 0.5) is 5.82 Å². The molecule has 4 heteroatoms. The van der Waals surface area contributed by atoms with Crippen molar-refractivity contribution in [1.29, 1.82) is 0 Å². The van der Waals surface area contributed by atoms with Crippen LogP contribution < -0.4 is 5.32 Å². The molecule has 0 aromatic carbocycles. The Morgan fingerprint density at radius 1 is 1.32 bits per heavy atom. The van der Waals surface area contributed by atoms with Gasteiger partial charge in [-0.25, -0.2) is 4.98 Å². The van der Waals surface area contributed by atoms with E-state index in [1.54, 1.807) is 0 Å². The first-order valence-electron chi connectivity index (χ1n) is 7.25. The third kappa shape index (κ3) is 3.46. The summed E-state index contributed by atoms with van der Waals surface area (Å²) in [4.78, 5) is 18.3. The molecular weight excluding hydrogens is 238 g/mol. The number of rotatable bonds is 6. The quantitative estimate of drug-likeness (QED) is 0.854. The number of aryl methyl sites for hydroxylation is 2. The van der Waals surface area contributed by atoms with E-state index in [1.165, 1.54) is 17.7 Å². The van der Waals surface area contributed by atoms with Crippen molar-refractivity contribution in [3.63, 3.8) is 0 Å². The number of pyridine rings is 1. The maximum atomic E-state index is 11.8. The second kappa shape index (κ2) is 6.55. The van der Waals surface area contributed by atoms with Gasteiger partial charge in [-0.05, 0) is 44.7 Å². The van der Waals surface area contributed by atoms with E-state index in [-0.39, 0.29) is 5.91 Å². The number of nitrogens with zero attached hydrogens (tertiary/aromatic N) is 2. The van der Waals surface area contributed by atoms with Crippen LogP contribution in [0.25, 0.3) is 0 Å². The van der Waals surface area contributed by atoms with Gasteiger partial charge < -0.3 is 10.2 Å². The van der Waals surface area contributed by atoms with Crippen molar-refractivity contribution >= 4 is 11.7 Å². The molecule has 0 unspecified atom stereocenters. The molecule has 1 aromatic heterocycles. The molecule has 1 aliphatic rings. The Kier molecular flexibility index (Phi) is 4.77. The molecular formula is C15H23N3O. The average Bonchev–Trinajstić information content (AvgIpc) is 2.87. The van der Waals surface area contributed by atoms with E-state index in [0.29, 0.717) is 13.0 Å².